The first-order valence-electron chi connectivity index (χ1n) is 30.3. The maximum absolute atomic E-state index is 12.5. The Morgan fingerprint density at radius 1 is 0.364 bits per heavy atom. The highest BCUT2D eigenvalue weighted by Crippen LogP contribution is 2.18. The second-order valence-corrected chi connectivity index (χ2v) is 21.1. The van der Waals surface area contributed by atoms with Crippen LogP contribution in [0, 0.1) is 0 Å². The van der Waals surface area contributed by atoms with Crippen LogP contribution in [0.2, 0.25) is 0 Å². The monoisotopic (exact) mass is 934 g/mol. The summed E-state index contributed by atoms with van der Waals surface area (Å²) in [6, 6.07) is -0.542. The molecule has 0 rings (SSSR count). The van der Waals surface area contributed by atoms with Gasteiger partial charge in [0.2, 0.25) is 5.91 Å². The zero-order chi connectivity index (χ0) is 47.9. The number of aliphatic hydroxyl groups excluding tert-OH is 2. The maximum Gasteiger partial charge on any atom is 0.305 e. The molecule has 2 unspecified atom stereocenters. The quantitative estimate of drug-likeness (QED) is 0.0417. The summed E-state index contributed by atoms with van der Waals surface area (Å²) in [5.74, 6) is -0.0218. The number of rotatable bonds is 57. The first kappa shape index (κ1) is 64.9. The molecule has 0 aromatic rings. The van der Waals surface area contributed by atoms with Crippen LogP contribution in [0.3, 0.4) is 0 Å². The number of unbranched alkanes of at least 4 members (excludes halogenated alkanes) is 46. The van der Waals surface area contributed by atoms with Crippen molar-refractivity contribution < 1.29 is 24.5 Å². The van der Waals surface area contributed by atoms with Crippen molar-refractivity contribution in [1.29, 1.82) is 0 Å². The molecule has 0 spiro atoms. The lowest BCUT2D eigenvalue weighted by molar-refractivity contribution is -0.143. The van der Waals surface area contributed by atoms with Crippen molar-refractivity contribution in [3.05, 3.63) is 0 Å². The molecule has 0 fully saturated rings. The number of esters is 1. The molecule has 0 aliphatic heterocycles. The minimum absolute atomic E-state index is 0.0130. The topological polar surface area (TPSA) is 95.9 Å². The zero-order valence-electron chi connectivity index (χ0n) is 45.0. The first-order chi connectivity index (χ1) is 32.5. The number of hydrogen-bond donors (Lipinski definition) is 3. The molecule has 0 bridgehead atoms. The van der Waals surface area contributed by atoms with Crippen LogP contribution in [0.25, 0.3) is 0 Å². The van der Waals surface area contributed by atoms with Gasteiger partial charge >= 0.3 is 5.97 Å². The fourth-order valence-corrected chi connectivity index (χ4v) is 9.76. The first-order valence-corrected chi connectivity index (χ1v) is 30.3. The highest BCUT2D eigenvalue weighted by Gasteiger charge is 2.20. The van der Waals surface area contributed by atoms with Gasteiger partial charge in [-0.1, -0.05) is 309 Å². The minimum Gasteiger partial charge on any atom is -0.466 e. The Hall–Kier alpha value is -1.14. The van der Waals surface area contributed by atoms with E-state index in [4.69, 9.17) is 4.74 Å². The number of hydrogen-bond acceptors (Lipinski definition) is 5. The van der Waals surface area contributed by atoms with Gasteiger partial charge in [-0.3, -0.25) is 9.59 Å². The van der Waals surface area contributed by atoms with Crippen molar-refractivity contribution in [1.82, 2.24) is 5.32 Å². The van der Waals surface area contributed by atoms with Gasteiger partial charge in [-0.25, -0.2) is 0 Å². The summed E-state index contributed by atoms with van der Waals surface area (Å²) in [6.07, 6.45) is 65.3. The fourth-order valence-electron chi connectivity index (χ4n) is 9.76. The van der Waals surface area contributed by atoms with Crippen molar-refractivity contribution in [3.8, 4) is 0 Å². The molecule has 0 saturated carbocycles. The molecule has 0 heterocycles. The summed E-state index contributed by atoms with van der Waals surface area (Å²) in [4.78, 5) is 24.5. The summed E-state index contributed by atoms with van der Waals surface area (Å²) in [7, 11) is 0. The molecular weight excluding hydrogens is 815 g/mol. The zero-order valence-corrected chi connectivity index (χ0v) is 45.0. The van der Waals surface area contributed by atoms with Gasteiger partial charge in [0.25, 0.3) is 0 Å². The molecule has 0 aliphatic rings. The molecular formula is C60H119NO5. The van der Waals surface area contributed by atoms with E-state index in [1.54, 1.807) is 0 Å². The summed E-state index contributed by atoms with van der Waals surface area (Å²) in [5.41, 5.74) is 0. The van der Waals surface area contributed by atoms with Crippen molar-refractivity contribution in [3.63, 3.8) is 0 Å². The van der Waals surface area contributed by atoms with Crippen LogP contribution in [-0.4, -0.2) is 47.4 Å². The molecule has 6 heteroatoms. The predicted molar refractivity (Wildman–Crippen MR) is 287 cm³/mol. The van der Waals surface area contributed by atoms with E-state index in [1.165, 1.54) is 276 Å². The Kier molecular flexibility index (Phi) is 55.5. The van der Waals surface area contributed by atoms with Gasteiger partial charge in [-0.05, 0) is 25.7 Å². The van der Waals surface area contributed by atoms with Crippen LogP contribution in [0.15, 0.2) is 0 Å². The standard InChI is InChI=1S/C60H119NO5/c1-3-5-7-9-11-13-15-17-24-28-32-36-40-44-48-52-58(63)57(56-62)61-59(64)53-49-45-41-37-33-29-26-22-20-19-21-23-27-31-35-39-43-47-51-55-66-60(65)54-50-46-42-38-34-30-25-18-16-14-12-10-8-6-4-2/h57-58,62-63H,3-56H2,1-2H3,(H,61,64). The van der Waals surface area contributed by atoms with Crippen LogP contribution >= 0.6 is 0 Å². The molecule has 394 valence electrons. The number of aliphatic hydroxyl groups is 2. The summed E-state index contributed by atoms with van der Waals surface area (Å²) < 4.78 is 5.49. The molecule has 66 heavy (non-hydrogen) atoms. The Morgan fingerprint density at radius 2 is 0.621 bits per heavy atom. The Bertz CT molecular complexity index is 944. The second-order valence-electron chi connectivity index (χ2n) is 21.1. The third kappa shape index (κ3) is 52.2. The molecule has 6 nitrogen and oxygen atoms in total. The van der Waals surface area contributed by atoms with Gasteiger partial charge in [0.1, 0.15) is 0 Å². The molecule has 0 saturated heterocycles. The van der Waals surface area contributed by atoms with Gasteiger partial charge in [-0.2, -0.15) is 0 Å². The number of ether oxygens (including phenoxy) is 1. The van der Waals surface area contributed by atoms with E-state index < -0.39 is 12.1 Å². The van der Waals surface area contributed by atoms with Gasteiger partial charge in [-0.15, -0.1) is 0 Å². The number of amides is 1. The van der Waals surface area contributed by atoms with E-state index in [0.717, 1.165) is 38.5 Å². The highest BCUT2D eigenvalue weighted by molar-refractivity contribution is 5.76. The fraction of sp³-hybridized carbons (Fsp3) is 0.967. The number of carbonyl (C=O) groups excluding carboxylic acids is 2. The van der Waals surface area contributed by atoms with E-state index in [0.29, 0.717) is 25.9 Å². The molecule has 0 radical (unpaired) electrons. The third-order valence-corrected chi connectivity index (χ3v) is 14.4. The predicted octanol–water partition coefficient (Wildman–Crippen LogP) is 18.7. The smallest absolute Gasteiger partial charge is 0.305 e. The summed E-state index contributed by atoms with van der Waals surface area (Å²) >= 11 is 0. The van der Waals surface area contributed by atoms with Crippen molar-refractivity contribution in [2.45, 2.75) is 360 Å². The van der Waals surface area contributed by atoms with Crippen LogP contribution in [-0.2, 0) is 14.3 Å². The van der Waals surface area contributed by atoms with Crippen LogP contribution in [0.5, 0.6) is 0 Å². The Morgan fingerprint density at radius 3 is 0.924 bits per heavy atom. The van der Waals surface area contributed by atoms with Crippen LogP contribution in [0.1, 0.15) is 348 Å². The van der Waals surface area contributed by atoms with E-state index >= 15 is 0 Å². The summed E-state index contributed by atoms with van der Waals surface area (Å²) in [6.45, 7) is 4.98. The van der Waals surface area contributed by atoms with E-state index in [1.807, 2.05) is 0 Å². The third-order valence-electron chi connectivity index (χ3n) is 14.4. The lowest BCUT2D eigenvalue weighted by Crippen LogP contribution is -2.45. The van der Waals surface area contributed by atoms with Gasteiger partial charge in [0, 0.05) is 12.8 Å². The molecule has 1 amide bonds. The van der Waals surface area contributed by atoms with Gasteiger partial charge in [0.15, 0.2) is 0 Å². The Labute approximate surface area is 413 Å². The SMILES string of the molecule is CCCCCCCCCCCCCCCCCC(=O)OCCCCCCCCCCCCCCCCCCCCCC(=O)NC(CO)C(O)CCCCCCCCCCCCCCCCC. The van der Waals surface area contributed by atoms with Gasteiger partial charge < -0.3 is 20.3 Å². The Balaban J connectivity index is 3.37. The van der Waals surface area contributed by atoms with Crippen molar-refractivity contribution in [2.24, 2.45) is 0 Å². The molecule has 0 aromatic carbocycles. The normalized spacial score (nSPS) is 12.5. The van der Waals surface area contributed by atoms with E-state index in [9.17, 15) is 19.8 Å². The van der Waals surface area contributed by atoms with Crippen LogP contribution in [0.4, 0.5) is 0 Å². The molecule has 3 N–H and O–H groups in total. The number of carbonyl (C=O) groups is 2. The van der Waals surface area contributed by atoms with Crippen LogP contribution < -0.4 is 5.32 Å². The second kappa shape index (κ2) is 56.4. The molecule has 2 atom stereocenters. The lowest BCUT2D eigenvalue weighted by atomic mass is 10.0. The molecule has 0 aliphatic carbocycles. The molecule has 0 aromatic heterocycles. The maximum atomic E-state index is 12.5. The van der Waals surface area contributed by atoms with Crippen molar-refractivity contribution >= 4 is 11.9 Å². The average molecular weight is 935 g/mol. The minimum atomic E-state index is -0.664. The average Bonchev–Trinajstić information content (AvgIpc) is 3.32. The van der Waals surface area contributed by atoms with E-state index in [2.05, 4.69) is 19.2 Å². The van der Waals surface area contributed by atoms with Gasteiger partial charge in [0.05, 0.1) is 25.4 Å². The lowest BCUT2D eigenvalue weighted by Gasteiger charge is -2.22. The van der Waals surface area contributed by atoms with E-state index in [-0.39, 0.29) is 18.5 Å². The highest BCUT2D eigenvalue weighted by atomic mass is 16.5. The summed E-state index contributed by atoms with van der Waals surface area (Å²) in [5, 5.41) is 23.3. The largest absolute Gasteiger partial charge is 0.466 e. The number of nitrogens with one attached hydrogen (secondary N) is 1. The van der Waals surface area contributed by atoms with Crippen molar-refractivity contribution in [2.75, 3.05) is 13.2 Å².